The molecule has 2 rings (SSSR count). The maximum Gasteiger partial charge on any atom is 0.239 e. The molecule has 1 heterocycles. The van der Waals surface area contributed by atoms with Crippen LogP contribution in [0.4, 0.5) is 0 Å². The Balaban J connectivity index is 2.00. The molecule has 3 heteroatoms. The summed E-state index contributed by atoms with van der Waals surface area (Å²) >= 11 is 0. The van der Waals surface area contributed by atoms with Crippen LogP contribution in [0, 0.1) is 5.92 Å². The summed E-state index contributed by atoms with van der Waals surface area (Å²) in [5.41, 5.74) is 0. The lowest BCUT2D eigenvalue weighted by Crippen LogP contribution is -2.55. The van der Waals surface area contributed by atoms with Gasteiger partial charge in [0.15, 0.2) is 0 Å². The van der Waals surface area contributed by atoms with Gasteiger partial charge in [0.1, 0.15) is 0 Å². The highest BCUT2D eigenvalue weighted by Crippen LogP contribution is 2.31. The first-order valence-electron chi connectivity index (χ1n) is 7.16. The quantitative estimate of drug-likeness (QED) is 0.817. The SMILES string of the molecule is CC(C)NC1CCCN(C2CCCC2C)C1=O. The minimum absolute atomic E-state index is 0.0662. The smallest absolute Gasteiger partial charge is 0.239 e. The fourth-order valence-electron chi connectivity index (χ4n) is 3.37. The van der Waals surface area contributed by atoms with Crippen molar-refractivity contribution >= 4 is 5.91 Å². The van der Waals surface area contributed by atoms with Crippen molar-refractivity contribution in [1.29, 1.82) is 0 Å². The van der Waals surface area contributed by atoms with Crippen LogP contribution in [0.2, 0.25) is 0 Å². The molecule has 1 saturated carbocycles. The van der Waals surface area contributed by atoms with Crippen LogP contribution in [0.5, 0.6) is 0 Å². The molecule has 2 fully saturated rings. The van der Waals surface area contributed by atoms with E-state index >= 15 is 0 Å². The second-order valence-electron chi connectivity index (χ2n) is 6.02. The van der Waals surface area contributed by atoms with Gasteiger partial charge in [-0.15, -0.1) is 0 Å². The van der Waals surface area contributed by atoms with Gasteiger partial charge < -0.3 is 10.2 Å². The normalized spacial score (nSPS) is 34.7. The van der Waals surface area contributed by atoms with Gasteiger partial charge in [-0.2, -0.15) is 0 Å². The molecule has 0 aromatic rings. The summed E-state index contributed by atoms with van der Waals surface area (Å²) in [5.74, 6) is 1.04. The average Bonchev–Trinajstić information content (AvgIpc) is 2.67. The summed E-state index contributed by atoms with van der Waals surface area (Å²) in [6.45, 7) is 7.50. The maximum atomic E-state index is 12.5. The molecule has 17 heavy (non-hydrogen) atoms. The van der Waals surface area contributed by atoms with E-state index < -0.39 is 0 Å². The number of nitrogens with zero attached hydrogens (tertiary/aromatic N) is 1. The second kappa shape index (κ2) is 5.38. The molecule has 98 valence electrons. The van der Waals surface area contributed by atoms with E-state index in [1.807, 2.05) is 0 Å². The van der Waals surface area contributed by atoms with E-state index in [0.29, 0.717) is 23.9 Å². The highest BCUT2D eigenvalue weighted by atomic mass is 16.2. The minimum Gasteiger partial charge on any atom is -0.338 e. The Bertz CT molecular complexity index is 277. The Morgan fingerprint density at radius 1 is 1.24 bits per heavy atom. The van der Waals surface area contributed by atoms with Crippen molar-refractivity contribution < 1.29 is 4.79 Å². The van der Waals surface area contributed by atoms with Gasteiger partial charge in [0.2, 0.25) is 5.91 Å². The molecular formula is C14H26N2O. The van der Waals surface area contributed by atoms with E-state index in [4.69, 9.17) is 0 Å². The van der Waals surface area contributed by atoms with E-state index in [9.17, 15) is 4.79 Å². The highest BCUT2D eigenvalue weighted by molar-refractivity contribution is 5.83. The zero-order valence-electron chi connectivity index (χ0n) is 11.4. The van der Waals surface area contributed by atoms with Crippen molar-refractivity contribution in [2.75, 3.05) is 6.54 Å². The number of hydrogen-bond donors (Lipinski definition) is 1. The first-order chi connectivity index (χ1) is 8.09. The van der Waals surface area contributed by atoms with Gasteiger partial charge in [0.25, 0.3) is 0 Å². The molecule has 3 unspecified atom stereocenters. The van der Waals surface area contributed by atoms with Gasteiger partial charge in [-0.3, -0.25) is 4.79 Å². The zero-order valence-corrected chi connectivity index (χ0v) is 11.4. The van der Waals surface area contributed by atoms with Crippen LogP contribution in [-0.4, -0.2) is 35.5 Å². The number of piperidine rings is 1. The van der Waals surface area contributed by atoms with Gasteiger partial charge >= 0.3 is 0 Å². The van der Waals surface area contributed by atoms with Crippen molar-refractivity contribution in [3.05, 3.63) is 0 Å². The number of carbonyl (C=O) groups is 1. The maximum absolute atomic E-state index is 12.5. The Kier molecular flexibility index (Phi) is 4.08. The average molecular weight is 238 g/mol. The van der Waals surface area contributed by atoms with Crippen molar-refractivity contribution in [3.63, 3.8) is 0 Å². The molecule has 0 spiro atoms. The molecule has 3 nitrogen and oxygen atoms in total. The highest BCUT2D eigenvalue weighted by Gasteiger charge is 2.37. The van der Waals surface area contributed by atoms with E-state index in [2.05, 4.69) is 31.0 Å². The number of carbonyl (C=O) groups excluding carboxylic acids is 1. The molecule has 1 aliphatic heterocycles. The summed E-state index contributed by atoms with van der Waals surface area (Å²) in [5, 5.41) is 3.41. The third-order valence-corrected chi connectivity index (χ3v) is 4.22. The van der Waals surface area contributed by atoms with E-state index in [-0.39, 0.29) is 6.04 Å². The minimum atomic E-state index is 0.0662. The van der Waals surface area contributed by atoms with Gasteiger partial charge in [0, 0.05) is 18.6 Å². The molecule has 1 N–H and O–H groups in total. The number of nitrogens with one attached hydrogen (secondary N) is 1. The lowest BCUT2D eigenvalue weighted by molar-refractivity contribution is -0.139. The number of amides is 1. The predicted octanol–water partition coefficient (Wildman–Crippen LogP) is 2.16. The lowest BCUT2D eigenvalue weighted by Gasteiger charge is -2.39. The molecule has 2 aliphatic rings. The molecule has 3 atom stereocenters. The molecular weight excluding hydrogens is 212 g/mol. The summed E-state index contributed by atoms with van der Waals surface area (Å²) in [6.07, 6.45) is 5.95. The molecule has 0 aromatic heterocycles. The van der Waals surface area contributed by atoms with Crippen LogP contribution in [0.1, 0.15) is 52.9 Å². The Morgan fingerprint density at radius 3 is 2.59 bits per heavy atom. The number of likely N-dealkylation sites (tertiary alicyclic amines) is 1. The van der Waals surface area contributed by atoms with Crippen molar-refractivity contribution in [3.8, 4) is 0 Å². The number of hydrogen-bond acceptors (Lipinski definition) is 2. The fraction of sp³-hybridized carbons (Fsp3) is 0.929. The second-order valence-corrected chi connectivity index (χ2v) is 6.02. The Morgan fingerprint density at radius 2 is 2.00 bits per heavy atom. The third kappa shape index (κ3) is 2.82. The molecule has 0 bridgehead atoms. The first kappa shape index (κ1) is 12.9. The van der Waals surface area contributed by atoms with E-state index in [0.717, 1.165) is 19.4 Å². The van der Waals surface area contributed by atoms with Gasteiger partial charge in [0.05, 0.1) is 6.04 Å². The van der Waals surface area contributed by atoms with Crippen LogP contribution in [0.25, 0.3) is 0 Å². The first-order valence-corrected chi connectivity index (χ1v) is 7.16. The van der Waals surface area contributed by atoms with Gasteiger partial charge in [-0.25, -0.2) is 0 Å². The molecule has 0 aromatic carbocycles. The van der Waals surface area contributed by atoms with Crippen molar-refractivity contribution in [2.45, 2.75) is 71.0 Å². The molecule has 1 saturated heterocycles. The summed E-state index contributed by atoms with van der Waals surface area (Å²) in [7, 11) is 0. The predicted molar refractivity (Wildman–Crippen MR) is 69.8 cm³/mol. The monoisotopic (exact) mass is 238 g/mol. The zero-order chi connectivity index (χ0) is 12.4. The Hall–Kier alpha value is -0.570. The molecule has 1 amide bonds. The topological polar surface area (TPSA) is 32.3 Å². The summed E-state index contributed by atoms with van der Waals surface area (Å²) in [4.78, 5) is 14.6. The third-order valence-electron chi connectivity index (χ3n) is 4.22. The van der Waals surface area contributed by atoms with Crippen LogP contribution >= 0.6 is 0 Å². The lowest BCUT2D eigenvalue weighted by atomic mass is 9.97. The fourth-order valence-corrected chi connectivity index (χ4v) is 3.37. The van der Waals surface area contributed by atoms with E-state index in [1.54, 1.807) is 0 Å². The number of rotatable bonds is 3. The molecule has 1 aliphatic carbocycles. The van der Waals surface area contributed by atoms with Crippen LogP contribution < -0.4 is 5.32 Å². The van der Waals surface area contributed by atoms with Gasteiger partial charge in [-0.05, 0) is 31.6 Å². The van der Waals surface area contributed by atoms with Crippen LogP contribution in [0.3, 0.4) is 0 Å². The summed E-state index contributed by atoms with van der Waals surface area (Å²) in [6, 6.07) is 0.973. The largest absolute Gasteiger partial charge is 0.338 e. The van der Waals surface area contributed by atoms with Crippen molar-refractivity contribution in [1.82, 2.24) is 10.2 Å². The summed E-state index contributed by atoms with van der Waals surface area (Å²) < 4.78 is 0. The van der Waals surface area contributed by atoms with Crippen LogP contribution in [0.15, 0.2) is 0 Å². The standard InChI is InChI=1S/C14H26N2O/c1-10(2)15-12-7-5-9-16(14(12)17)13-8-4-6-11(13)3/h10-13,15H,4-9H2,1-3H3. The van der Waals surface area contributed by atoms with Crippen molar-refractivity contribution in [2.24, 2.45) is 5.92 Å². The van der Waals surface area contributed by atoms with Crippen LogP contribution in [-0.2, 0) is 4.79 Å². The molecule has 0 radical (unpaired) electrons. The Labute approximate surface area is 105 Å². The van der Waals surface area contributed by atoms with E-state index in [1.165, 1.54) is 19.3 Å². The van der Waals surface area contributed by atoms with Gasteiger partial charge in [-0.1, -0.05) is 27.2 Å².